The predicted molar refractivity (Wildman–Crippen MR) is 107 cm³/mol. The van der Waals surface area contributed by atoms with E-state index in [9.17, 15) is 8.42 Å². The van der Waals surface area contributed by atoms with Crippen molar-refractivity contribution in [3.8, 4) is 23.1 Å². The molecule has 0 aromatic carbocycles. The first-order valence-electron chi connectivity index (χ1n) is 8.38. The van der Waals surface area contributed by atoms with Gasteiger partial charge in [0.2, 0.25) is 23.5 Å². The molecule has 2 N–H and O–H groups in total. The van der Waals surface area contributed by atoms with Crippen LogP contribution in [0.25, 0.3) is 11.4 Å². The molecule has 0 fully saturated rings. The van der Waals surface area contributed by atoms with E-state index in [1.807, 2.05) is 0 Å². The van der Waals surface area contributed by atoms with Crippen LogP contribution in [0.5, 0.6) is 11.8 Å². The molecule has 0 bridgehead atoms. The highest BCUT2D eigenvalue weighted by Gasteiger charge is 2.28. The third-order valence-corrected chi connectivity index (χ3v) is 5.39. The van der Waals surface area contributed by atoms with Crippen LogP contribution in [0.3, 0.4) is 0 Å². The molecule has 0 amide bonds. The van der Waals surface area contributed by atoms with Crippen molar-refractivity contribution >= 4 is 33.3 Å². The molecule has 0 aliphatic carbocycles. The number of hydrogen-bond acceptors (Lipinski definition) is 11. The lowest BCUT2D eigenvalue weighted by Crippen LogP contribution is -2.36. The zero-order valence-corrected chi connectivity index (χ0v) is 18.0. The van der Waals surface area contributed by atoms with Crippen LogP contribution in [-0.4, -0.2) is 67.7 Å². The lowest BCUT2D eigenvalue weighted by Gasteiger charge is -2.13. The van der Waals surface area contributed by atoms with Crippen molar-refractivity contribution in [1.82, 2.24) is 44.7 Å². The summed E-state index contributed by atoms with van der Waals surface area (Å²) in [6, 6.07) is 1.46. The highest BCUT2D eigenvalue weighted by molar-refractivity contribution is 7.92. The van der Waals surface area contributed by atoms with E-state index in [4.69, 9.17) is 21.7 Å². The van der Waals surface area contributed by atoms with Gasteiger partial charge in [-0.3, -0.25) is 9.40 Å². The third-order valence-electron chi connectivity index (χ3n) is 3.64. The standard InChI is InChI=1S/C14H18N10O4S2/c1-5-24-12(8(7-15-24)11-19-22-23(2)20-11)30(25,26)21-14(29)18-13-16-9(27-3)6-10(17-13)28-4/h6-7H,5H2,1-4H3,(H2,16,17,18,21,29). The lowest BCUT2D eigenvalue weighted by atomic mass is 10.3. The molecule has 0 saturated heterocycles. The molecule has 0 atom stereocenters. The first-order chi connectivity index (χ1) is 14.3. The minimum Gasteiger partial charge on any atom is -0.481 e. The summed E-state index contributed by atoms with van der Waals surface area (Å²) < 4.78 is 39.7. The minimum absolute atomic E-state index is 0.0151. The second-order valence-corrected chi connectivity index (χ2v) is 7.62. The fourth-order valence-electron chi connectivity index (χ4n) is 2.39. The highest BCUT2D eigenvalue weighted by Crippen LogP contribution is 2.24. The molecule has 14 nitrogen and oxygen atoms in total. The molecule has 0 saturated carbocycles. The van der Waals surface area contributed by atoms with E-state index >= 15 is 0 Å². The van der Waals surface area contributed by atoms with Crippen molar-refractivity contribution in [2.75, 3.05) is 19.5 Å². The average Bonchev–Trinajstić information content (AvgIpc) is 3.33. The van der Waals surface area contributed by atoms with Crippen LogP contribution in [0.1, 0.15) is 6.92 Å². The van der Waals surface area contributed by atoms with Gasteiger partial charge in [-0.15, -0.1) is 10.2 Å². The summed E-state index contributed by atoms with van der Waals surface area (Å²) >= 11 is 5.12. The number of rotatable bonds is 7. The summed E-state index contributed by atoms with van der Waals surface area (Å²) in [5.74, 6) is 0.501. The molecule has 0 radical (unpaired) electrons. The average molecular weight is 454 g/mol. The van der Waals surface area contributed by atoms with Crippen molar-refractivity contribution in [3.63, 3.8) is 0 Å². The molecular weight excluding hydrogens is 436 g/mol. The smallest absolute Gasteiger partial charge is 0.281 e. The van der Waals surface area contributed by atoms with Gasteiger partial charge < -0.3 is 14.8 Å². The van der Waals surface area contributed by atoms with Crippen LogP contribution in [-0.2, 0) is 23.6 Å². The molecule has 160 valence electrons. The second kappa shape index (κ2) is 8.54. The number of tetrazole rings is 1. The normalized spacial score (nSPS) is 11.2. The first-order valence-corrected chi connectivity index (χ1v) is 10.3. The Labute approximate surface area is 176 Å². The molecule has 3 rings (SSSR count). The Kier molecular flexibility index (Phi) is 6.06. The number of methoxy groups -OCH3 is 2. The highest BCUT2D eigenvalue weighted by atomic mass is 32.2. The van der Waals surface area contributed by atoms with E-state index in [0.29, 0.717) is 0 Å². The predicted octanol–water partition coefficient (Wildman–Crippen LogP) is -0.424. The number of sulfonamides is 1. The van der Waals surface area contributed by atoms with E-state index in [2.05, 4.69) is 40.5 Å². The molecule has 0 spiro atoms. The SMILES string of the molecule is CCn1ncc(-c2nnn(C)n2)c1S(=O)(=O)NC(=S)Nc1nc(OC)cc(OC)n1. The largest absolute Gasteiger partial charge is 0.481 e. The van der Waals surface area contributed by atoms with Crippen molar-refractivity contribution < 1.29 is 17.9 Å². The maximum atomic E-state index is 13.0. The number of aryl methyl sites for hydroxylation is 2. The maximum Gasteiger partial charge on any atom is 0.281 e. The Hall–Kier alpha value is -3.40. The molecule has 0 unspecified atom stereocenters. The molecule has 0 aliphatic heterocycles. The zero-order valence-electron chi connectivity index (χ0n) is 16.4. The quantitative estimate of drug-likeness (QED) is 0.444. The van der Waals surface area contributed by atoms with Gasteiger partial charge in [-0.05, 0) is 24.4 Å². The Morgan fingerprint density at radius 1 is 1.23 bits per heavy atom. The summed E-state index contributed by atoms with van der Waals surface area (Å²) in [5.41, 5.74) is 0.180. The number of nitrogens with one attached hydrogen (secondary N) is 2. The van der Waals surface area contributed by atoms with E-state index in [0.717, 1.165) is 0 Å². The Balaban J connectivity index is 1.88. The molecule has 3 aromatic heterocycles. The van der Waals surface area contributed by atoms with Crippen LogP contribution in [0, 0.1) is 0 Å². The summed E-state index contributed by atoms with van der Waals surface area (Å²) in [6.45, 7) is 2.03. The monoisotopic (exact) mass is 454 g/mol. The summed E-state index contributed by atoms with van der Waals surface area (Å²) in [6.07, 6.45) is 1.35. The fourth-order valence-corrected chi connectivity index (χ4v) is 4.09. The van der Waals surface area contributed by atoms with Crippen LogP contribution >= 0.6 is 12.2 Å². The Morgan fingerprint density at radius 3 is 2.43 bits per heavy atom. The van der Waals surface area contributed by atoms with E-state index < -0.39 is 10.0 Å². The second-order valence-electron chi connectivity index (χ2n) is 5.62. The van der Waals surface area contributed by atoms with Gasteiger partial charge >= 0.3 is 0 Å². The molecule has 3 heterocycles. The number of nitrogens with zero attached hydrogens (tertiary/aromatic N) is 8. The van der Waals surface area contributed by atoms with Crippen molar-refractivity contribution in [2.24, 2.45) is 7.05 Å². The summed E-state index contributed by atoms with van der Waals surface area (Å²) in [7, 11) is 0.230. The Bertz CT molecular complexity index is 1150. The van der Waals surface area contributed by atoms with Gasteiger partial charge in [0, 0.05) is 6.54 Å². The number of aromatic nitrogens is 8. The van der Waals surface area contributed by atoms with Gasteiger partial charge in [-0.25, -0.2) is 0 Å². The summed E-state index contributed by atoms with van der Waals surface area (Å²) in [4.78, 5) is 9.29. The number of hydrogen-bond donors (Lipinski definition) is 2. The van der Waals surface area contributed by atoms with Gasteiger partial charge in [-0.1, -0.05) is 0 Å². The fraction of sp³-hybridized carbons (Fsp3) is 0.357. The van der Waals surface area contributed by atoms with Crippen LogP contribution in [0.15, 0.2) is 17.3 Å². The van der Waals surface area contributed by atoms with Crippen LogP contribution < -0.4 is 19.5 Å². The Morgan fingerprint density at radius 2 is 1.90 bits per heavy atom. The van der Waals surface area contributed by atoms with Crippen LogP contribution in [0.4, 0.5) is 5.95 Å². The maximum absolute atomic E-state index is 13.0. The van der Waals surface area contributed by atoms with Gasteiger partial charge in [0.15, 0.2) is 10.1 Å². The van der Waals surface area contributed by atoms with Crippen molar-refractivity contribution in [1.29, 1.82) is 0 Å². The topological polar surface area (TPSA) is 164 Å². The molecular formula is C14H18N10O4S2. The first kappa shape index (κ1) is 21.3. The number of thiocarbonyl (C=S) groups is 1. The molecule has 16 heteroatoms. The van der Waals surface area contributed by atoms with Gasteiger partial charge in [0.25, 0.3) is 10.0 Å². The van der Waals surface area contributed by atoms with E-state index in [1.165, 1.54) is 36.0 Å². The molecule has 0 aliphatic rings. The van der Waals surface area contributed by atoms with Gasteiger partial charge in [0.05, 0.1) is 39.1 Å². The van der Waals surface area contributed by atoms with Crippen molar-refractivity contribution in [2.45, 2.75) is 18.5 Å². The lowest BCUT2D eigenvalue weighted by molar-refractivity contribution is 0.373. The van der Waals surface area contributed by atoms with Crippen molar-refractivity contribution in [3.05, 3.63) is 12.3 Å². The number of anilines is 1. The molecule has 30 heavy (non-hydrogen) atoms. The number of ether oxygens (including phenoxy) is 2. The third kappa shape index (κ3) is 4.43. The van der Waals surface area contributed by atoms with E-state index in [1.54, 1.807) is 14.0 Å². The molecule has 3 aromatic rings. The minimum atomic E-state index is -4.17. The van der Waals surface area contributed by atoms with Gasteiger partial charge in [0.1, 0.15) is 0 Å². The van der Waals surface area contributed by atoms with E-state index in [-0.39, 0.29) is 45.8 Å². The van der Waals surface area contributed by atoms with Crippen LogP contribution in [0.2, 0.25) is 0 Å². The van der Waals surface area contributed by atoms with Gasteiger partial charge in [-0.2, -0.15) is 28.3 Å². The zero-order chi connectivity index (χ0) is 21.9. The summed E-state index contributed by atoms with van der Waals surface area (Å²) in [5, 5.41) is 17.9.